The Labute approximate surface area is 115 Å². The highest BCUT2D eigenvalue weighted by molar-refractivity contribution is 5.78. The van der Waals surface area contributed by atoms with Crippen LogP contribution in [0.2, 0.25) is 0 Å². The Morgan fingerprint density at radius 1 is 1.42 bits per heavy atom. The van der Waals surface area contributed by atoms with Gasteiger partial charge < -0.3 is 10.6 Å². The summed E-state index contributed by atoms with van der Waals surface area (Å²) >= 11 is 0. The molecule has 0 spiro atoms. The van der Waals surface area contributed by atoms with E-state index in [0.717, 1.165) is 17.5 Å². The maximum Gasteiger partial charge on any atom is 0.224 e. The predicted molar refractivity (Wildman–Crippen MR) is 77.6 cm³/mol. The van der Waals surface area contributed by atoms with Gasteiger partial charge in [0.05, 0.1) is 6.42 Å². The summed E-state index contributed by atoms with van der Waals surface area (Å²) in [6.45, 7) is 6.74. The van der Waals surface area contributed by atoms with Crippen molar-refractivity contribution in [3.8, 4) is 0 Å². The summed E-state index contributed by atoms with van der Waals surface area (Å²) in [5, 5.41) is 6.08. The second-order valence-corrected chi connectivity index (χ2v) is 4.46. The van der Waals surface area contributed by atoms with Crippen LogP contribution in [0, 0.1) is 0 Å². The van der Waals surface area contributed by atoms with Crippen molar-refractivity contribution >= 4 is 5.91 Å². The first-order chi connectivity index (χ1) is 9.17. The van der Waals surface area contributed by atoms with E-state index >= 15 is 0 Å². The maximum absolute atomic E-state index is 11.5. The molecule has 0 radical (unpaired) electrons. The van der Waals surface area contributed by atoms with E-state index in [1.165, 1.54) is 0 Å². The van der Waals surface area contributed by atoms with Gasteiger partial charge in [-0.1, -0.05) is 19.1 Å². The van der Waals surface area contributed by atoms with E-state index in [1.54, 1.807) is 6.20 Å². The molecule has 1 heterocycles. The van der Waals surface area contributed by atoms with Crippen molar-refractivity contribution in [1.29, 1.82) is 0 Å². The number of likely N-dealkylation sites (N-methyl/N-ethyl adjacent to an activating group) is 1. The van der Waals surface area contributed by atoms with Crippen LogP contribution in [0.25, 0.3) is 0 Å². The molecule has 2 N–H and O–H groups in total. The lowest BCUT2D eigenvalue weighted by molar-refractivity contribution is -0.120. The van der Waals surface area contributed by atoms with Crippen molar-refractivity contribution in [1.82, 2.24) is 15.6 Å². The van der Waals surface area contributed by atoms with Gasteiger partial charge in [0.1, 0.15) is 0 Å². The molecule has 0 aliphatic heterocycles. The minimum Gasteiger partial charge on any atom is -0.385 e. The molecule has 0 saturated heterocycles. The molecule has 104 valence electrons. The summed E-state index contributed by atoms with van der Waals surface area (Å²) in [4.78, 5) is 15.7. The third kappa shape index (κ3) is 5.55. The molecular formula is C15H23N3O. The van der Waals surface area contributed by atoms with Crippen molar-refractivity contribution in [2.75, 3.05) is 6.54 Å². The normalized spacial score (nSPS) is 12.4. The second-order valence-electron chi connectivity index (χ2n) is 4.46. The average molecular weight is 261 g/mol. The number of carbonyl (C=O) groups excluding carboxylic acids is 1. The van der Waals surface area contributed by atoms with Gasteiger partial charge in [0.15, 0.2) is 0 Å². The number of hydrogen-bond acceptors (Lipinski definition) is 3. The van der Waals surface area contributed by atoms with Crippen LogP contribution < -0.4 is 10.6 Å². The van der Waals surface area contributed by atoms with E-state index in [0.29, 0.717) is 13.0 Å². The van der Waals surface area contributed by atoms with Crippen LogP contribution in [0.3, 0.4) is 0 Å². The molecule has 1 atom stereocenters. The number of aromatic nitrogens is 1. The Balaban J connectivity index is 2.65. The molecule has 1 amide bonds. The van der Waals surface area contributed by atoms with Crippen molar-refractivity contribution in [3.05, 3.63) is 41.9 Å². The summed E-state index contributed by atoms with van der Waals surface area (Å²) in [5.74, 6) is 0.0351. The number of carbonyl (C=O) groups is 1. The zero-order valence-electron chi connectivity index (χ0n) is 11.9. The van der Waals surface area contributed by atoms with E-state index in [1.807, 2.05) is 25.4 Å². The second kappa shape index (κ2) is 8.29. The summed E-state index contributed by atoms with van der Waals surface area (Å²) in [5.41, 5.74) is 2.03. The fourth-order valence-corrected chi connectivity index (χ4v) is 1.71. The molecule has 0 aromatic carbocycles. The summed E-state index contributed by atoms with van der Waals surface area (Å²) in [7, 11) is 0. The lowest BCUT2D eigenvalue weighted by Gasteiger charge is -2.13. The van der Waals surface area contributed by atoms with Gasteiger partial charge in [0.2, 0.25) is 5.91 Å². The molecule has 1 unspecified atom stereocenters. The molecule has 0 aliphatic rings. The Bertz CT molecular complexity index is 429. The van der Waals surface area contributed by atoms with Crippen LogP contribution in [0.1, 0.15) is 44.4 Å². The van der Waals surface area contributed by atoms with E-state index in [-0.39, 0.29) is 11.9 Å². The van der Waals surface area contributed by atoms with Gasteiger partial charge in [-0.25, -0.2) is 0 Å². The zero-order valence-corrected chi connectivity index (χ0v) is 11.9. The molecule has 1 rings (SSSR count). The fraction of sp³-hybridized carbons (Fsp3) is 0.467. The number of hydrogen-bond donors (Lipinski definition) is 2. The predicted octanol–water partition coefficient (Wildman–Crippen LogP) is 2.33. The van der Waals surface area contributed by atoms with Crippen molar-refractivity contribution in [3.63, 3.8) is 0 Å². The maximum atomic E-state index is 11.5. The topological polar surface area (TPSA) is 54.0 Å². The Kier molecular flexibility index (Phi) is 6.64. The van der Waals surface area contributed by atoms with E-state index in [2.05, 4.69) is 35.5 Å². The first-order valence-electron chi connectivity index (χ1n) is 6.79. The van der Waals surface area contributed by atoms with Crippen LogP contribution in [0.5, 0.6) is 0 Å². The average Bonchev–Trinajstić information content (AvgIpc) is 2.39. The number of nitrogens with one attached hydrogen (secondary N) is 2. The van der Waals surface area contributed by atoms with Gasteiger partial charge in [-0.15, -0.1) is 0 Å². The SMILES string of the molecule is CC/C=C\NC(C)c1cncc(CC(=O)NCC)c1. The van der Waals surface area contributed by atoms with Crippen molar-refractivity contribution in [2.24, 2.45) is 0 Å². The molecular weight excluding hydrogens is 238 g/mol. The molecule has 0 bridgehead atoms. The van der Waals surface area contributed by atoms with E-state index < -0.39 is 0 Å². The van der Waals surface area contributed by atoms with Crippen molar-refractivity contribution in [2.45, 2.75) is 39.7 Å². The smallest absolute Gasteiger partial charge is 0.224 e. The van der Waals surface area contributed by atoms with Crippen LogP contribution in [0.4, 0.5) is 0 Å². The minimum atomic E-state index is 0.0351. The summed E-state index contributed by atoms with van der Waals surface area (Å²) in [6, 6.07) is 2.21. The van der Waals surface area contributed by atoms with Gasteiger partial charge >= 0.3 is 0 Å². The van der Waals surface area contributed by atoms with Crippen LogP contribution in [0.15, 0.2) is 30.7 Å². The Hall–Kier alpha value is -1.84. The first kappa shape index (κ1) is 15.2. The zero-order chi connectivity index (χ0) is 14.1. The third-order valence-electron chi connectivity index (χ3n) is 2.75. The van der Waals surface area contributed by atoms with E-state index in [4.69, 9.17) is 0 Å². The molecule has 4 heteroatoms. The largest absolute Gasteiger partial charge is 0.385 e. The number of rotatable bonds is 7. The Morgan fingerprint density at radius 2 is 2.21 bits per heavy atom. The minimum absolute atomic E-state index is 0.0351. The molecule has 4 nitrogen and oxygen atoms in total. The number of pyridine rings is 1. The van der Waals surface area contributed by atoms with Crippen LogP contribution in [-0.4, -0.2) is 17.4 Å². The lowest BCUT2D eigenvalue weighted by atomic mass is 10.1. The van der Waals surface area contributed by atoms with Gasteiger partial charge in [0, 0.05) is 25.0 Å². The van der Waals surface area contributed by atoms with Gasteiger partial charge in [-0.05, 0) is 37.6 Å². The van der Waals surface area contributed by atoms with Crippen LogP contribution in [-0.2, 0) is 11.2 Å². The highest BCUT2D eigenvalue weighted by Gasteiger charge is 2.07. The number of amides is 1. The molecule has 19 heavy (non-hydrogen) atoms. The van der Waals surface area contributed by atoms with Gasteiger partial charge in [0.25, 0.3) is 0 Å². The molecule has 0 aliphatic carbocycles. The summed E-state index contributed by atoms with van der Waals surface area (Å²) < 4.78 is 0. The van der Waals surface area contributed by atoms with Crippen LogP contribution >= 0.6 is 0 Å². The molecule has 1 aromatic rings. The van der Waals surface area contributed by atoms with Gasteiger partial charge in [-0.3, -0.25) is 9.78 Å². The molecule has 1 aromatic heterocycles. The monoisotopic (exact) mass is 261 g/mol. The molecule has 0 fully saturated rings. The van der Waals surface area contributed by atoms with Gasteiger partial charge in [-0.2, -0.15) is 0 Å². The lowest BCUT2D eigenvalue weighted by Crippen LogP contribution is -2.24. The standard InChI is InChI=1S/C15H23N3O/c1-4-6-7-18-12(3)14-8-13(10-16-11-14)9-15(19)17-5-2/h6-8,10-12,18H,4-5,9H2,1-3H3,(H,17,19)/b7-6-. The van der Waals surface area contributed by atoms with Crippen molar-refractivity contribution < 1.29 is 4.79 Å². The molecule has 0 saturated carbocycles. The summed E-state index contributed by atoms with van der Waals surface area (Å²) in [6.07, 6.45) is 9.00. The number of nitrogens with zero attached hydrogens (tertiary/aromatic N) is 1. The third-order valence-corrected chi connectivity index (χ3v) is 2.75. The quantitative estimate of drug-likeness (QED) is 0.792. The highest BCUT2D eigenvalue weighted by Crippen LogP contribution is 2.13. The Morgan fingerprint density at radius 3 is 2.89 bits per heavy atom. The highest BCUT2D eigenvalue weighted by atomic mass is 16.1. The fourth-order valence-electron chi connectivity index (χ4n) is 1.71. The first-order valence-corrected chi connectivity index (χ1v) is 6.79. The van der Waals surface area contributed by atoms with E-state index in [9.17, 15) is 4.79 Å². The number of allylic oxidation sites excluding steroid dienone is 1.